The highest BCUT2D eigenvalue weighted by Crippen LogP contribution is 2.43. The number of benzene rings is 3. The van der Waals surface area contributed by atoms with Crippen molar-refractivity contribution >= 4 is 34.8 Å². The van der Waals surface area contributed by atoms with E-state index in [0.29, 0.717) is 0 Å². The number of aromatic hydroxyl groups is 1. The molecule has 1 amide bonds. The van der Waals surface area contributed by atoms with Crippen molar-refractivity contribution in [1.82, 2.24) is 14.8 Å². The van der Waals surface area contributed by atoms with Gasteiger partial charge in [-0.3, -0.25) is 14.6 Å². The highest BCUT2D eigenvalue weighted by molar-refractivity contribution is 6.37. The van der Waals surface area contributed by atoms with Gasteiger partial charge in [-0.25, -0.2) is 4.79 Å². The number of phenols is 1. The maximum atomic E-state index is 13.6. The number of carbonyl (C=O) groups excluding carboxylic acids is 1. The summed E-state index contributed by atoms with van der Waals surface area (Å²) in [6.45, 7) is 4.02. The average molecular weight is 539 g/mol. The van der Waals surface area contributed by atoms with Crippen molar-refractivity contribution in [2.45, 2.75) is 25.8 Å². The molecule has 5 rings (SSSR count). The molecule has 2 unspecified atom stereocenters. The number of rotatable bonds is 4. The lowest BCUT2D eigenvalue weighted by Gasteiger charge is -2.25. The van der Waals surface area contributed by atoms with E-state index in [1.807, 2.05) is 31.2 Å². The van der Waals surface area contributed by atoms with Crippen molar-refractivity contribution in [2.75, 3.05) is 4.90 Å². The predicted molar refractivity (Wildman–Crippen MR) is 140 cm³/mol. The Labute approximate surface area is 220 Å². The monoisotopic (exact) mass is 538 g/mol. The number of ether oxygens (including phenoxy) is 1. The van der Waals surface area contributed by atoms with Gasteiger partial charge in [-0.05, 0) is 48.9 Å². The minimum Gasteiger partial charge on any atom is -0.507 e. The van der Waals surface area contributed by atoms with Crippen molar-refractivity contribution in [3.8, 4) is 22.9 Å². The van der Waals surface area contributed by atoms with Crippen LogP contribution < -0.4 is 20.9 Å². The van der Waals surface area contributed by atoms with Crippen LogP contribution in [0.2, 0.25) is 10.0 Å². The van der Waals surface area contributed by atoms with E-state index in [4.69, 9.17) is 27.9 Å². The number of aromatic nitrogens is 3. The summed E-state index contributed by atoms with van der Waals surface area (Å²) in [5.41, 5.74) is 0.720. The van der Waals surface area contributed by atoms with Gasteiger partial charge in [0, 0.05) is 17.6 Å². The zero-order valence-electron chi connectivity index (χ0n) is 19.6. The number of hydrogen-bond donors (Lipinski definition) is 2. The summed E-state index contributed by atoms with van der Waals surface area (Å²) >= 11 is 12.8. The quantitative estimate of drug-likeness (QED) is 0.382. The molecule has 188 valence electrons. The average Bonchev–Trinajstić information content (AvgIpc) is 3.12. The number of H-pyrrole nitrogens is 1. The van der Waals surface area contributed by atoms with Crippen LogP contribution in [0, 0.1) is 0 Å². The summed E-state index contributed by atoms with van der Waals surface area (Å²) in [5, 5.41) is 14.4. The van der Waals surface area contributed by atoms with Gasteiger partial charge in [-0.2, -0.15) is 9.78 Å². The second kappa shape index (κ2) is 9.42. The Kier molecular flexibility index (Phi) is 6.26. The number of fused-ring (bicyclic) bond motifs is 1. The first-order chi connectivity index (χ1) is 17.7. The lowest BCUT2D eigenvalue weighted by atomic mass is 9.98. The Morgan fingerprint density at radius 3 is 2.46 bits per heavy atom. The van der Waals surface area contributed by atoms with E-state index >= 15 is 0 Å². The maximum Gasteiger partial charge on any atom is 0.349 e. The molecule has 9 nitrogen and oxygen atoms in total. The third-order valence-corrected chi connectivity index (χ3v) is 6.96. The van der Waals surface area contributed by atoms with Crippen LogP contribution >= 0.6 is 23.2 Å². The molecular formula is C26H20Cl2N4O5. The molecule has 0 saturated carbocycles. The molecule has 37 heavy (non-hydrogen) atoms. The molecule has 1 aliphatic heterocycles. The molecule has 0 aliphatic carbocycles. The fourth-order valence-electron chi connectivity index (χ4n) is 4.39. The molecule has 1 aromatic heterocycles. The molecule has 11 heteroatoms. The Morgan fingerprint density at radius 1 is 1.05 bits per heavy atom. The van der Waals surface area contributed by atoms with Gasteiger partial charge in [0.25, 0.3) is 11.5 Å². The van der Waals surface area contributed by atoms with Crippen molar-refractivity contribution in [2.24, 2.45) is 0 Å². The van der Waals surface area contributed by atoms with Gasteiger partial charge in [0.2, 0.25) is 0 Å². The molecule has 0 bridgehead atoms. The number of phenolic OH excluding ortho intramolecular Hbond substituents is 1. The number of nitrogens with one attached hydrogen (secondary N) is 1. The number of aromatic amines is 1. The van der Waals surface area contributed by atoms with E-state index in [1.165, 1.54) is 30.3 Å². The first-order valence-corrected chi connectivity index (χ1v) is 12.0. The van der Waals surface area contributed by atoms with Crippen molar-refractivity contribution < 1.29 is 14.6 Å². The van der Waals surface area contributed by atoms with E-state index in [-0.39, 0.29) is 56.4 Å². The normalized spacial score (nSPS) is 16.5. The summed E-state index contributed by atoms with van der Waals surface area (Å²) in [5.74, 6) is -0.157. The van der Waals surface area contributed by atoms with Crippen LogP contribution in [-0.4, -0.2) is 31.8 Å². The predicted octanol–water partition coefficient (Wildman–Crippen LogP) is 4.88. The summed E-state index contributed by atoms with van der Waals surface area (Å²) in [4.78, 5) is 40.7. The molecule has 4 aromatic rings. The standard InChI is InChI=1S/C26H20Cl2N4O5/c1-13-14(2)31(21-6-4-3-5-17(13)21)25(35)18-11-16(7-8-22(18)33)37-24-19(27)9-15(10-20(24)28)32-26(36)30-23(34)12-29-32/h3-14,33H,1-2H3,(H,30,34,36). The molecule has 2 atom stereocenters. The number of nitrogens with zero attached hydrogens (tertiary/aromatic N) is 3. The fourth-order valence-corrected chi connectivity index (χ4v) is 4.94. The van der Waals surface area contributed by atoms with Crippen LogP contribution in [0.15, 0.2) is 70.4 Å². The summed E-state index contributed by atoms with van der Waals surface area (Å²) in [7, 11) is 0. The van der Waals surface area contributed by atoms with Crippen LogP contribution in [0.3, 0.4) is 0 Å². The lowest BCUT2D eigenvalue weighted by Crippen LogP contribution is -2.36. The Hall–Kier alpha value is -4.08. The third-order valence-electron chi connectivity index (χ3n) is 6.40. The molecule has 0 fully saturated rings. The van der Waals surface area contributed by atoms with Crippen molar-refractivity contribution in [3.63, 3.8) is 0 Å². The topological polar surface area (TPSA) is 118 Å². The number of anilines is 1. The maximum absolute atomic E-state index is 13.6. The van der Waals surface area contributed by atoms with Crippen LogP contribution in [0.5, 0.6) is 17.2 Å². The van der Waals surface area contributed by atoms with Crippen molar-refractivity contribution in [1.29, 1.82) is 0 Å². The highest BCUT2D eigenvalue weighted by atomic mass is 35.5. The molecule has 2 heterocycles. The number of hydrogen-bond acceptors (Lipinski definition) is 6. The Morgan fingerprint density at radius 2 is 1.76 bits per heavy atom. The molecule has 0 radical (unpaired) electrons. The van der Waals surface area contributed by atoms with Gasteiger partial charge in [0.15, 0.2) is 5.75 Å². The van der Waals surface area contributed by atoms with Crippen LogP contribution in [0.25, 0.3) is 5.69 Å². The number of carbonyl (C=O) groups is 1. The van der Waals surface area contributed by atoms with E-state index in [2.05, 4.69) is 17.0 Å². The van der Waals surface area contributed by atoms with Gasteiger partial charge >= 0.3 is 5.69 Å². The van der Waals surface area contributed by atoms with Crippen LogP contribution in [0.4, 0.5) is 5.69 Å². The lowest BCUT2D eigenvalue weighted by molar-refractivity contribution is 0.0976. The molecule has 3 aromatic carbocycles. The smallest absolute Gasteiger partial charge is 0.349 e. The van der Waals surface area contributed by atoms with Gasteiger partial charge in [-0.15, -0.1) is 0 Å². The molecule has 0 spiro atoms. The fraction of sp³-hybridized carbons (Fsp3) is 0.154. The van der Waals surface area contributed by atoms with E-state index in [0.717, 1.165) is 22.1 Å². The van der Waals surface area contributed by atoms with Crippen molar-refractivity contribution in [3.05, 3.63) is 103 Å². The zero-order valence-corrected chi connectivity index (χ0v) is 21.1. The summed E-state index contributed by atoms with van der Waals surface area (Å²) < 4.78 is 6.82. The minimum atomic E-state index is -0.762. The minimum absolute atomic E-state index is 0.0549. The second-order valence-electron chi connectivity index (χ2n) is 8.63. The van der Waals surface area contributed by atoms with Crippen LogP contribution in [0.1, 0.15) is 35.7 Å². The molecule has 0 saturated heterocycles. The number of amides is 1. The second-order valence-corrected chi connectivity index (χ2v) is 9.45. The zero-order chi connectivity index (χ0) is 26.4. The highest BCUT2D eigenvalue weighted by Gasteiger charge is 2.37. The molecule has 2 N–H and O–H groups in total. The number of halogens is 2. The summed E-state index contributed by atoms with van der Waals surface area (Å²) in [6, 6.07) is 14.6. The van der Waals surface area contributed by atoms with E-state index in [1.54, 1.807) is 4.90 Å². The third kappa shape index (κ3) is 4.36. The van der Waals surface area contributed by atoms with Crippen LogP contribution in [-0.2, 0) is 0 Å². The van der Waals surface area contributed by atoms with Gasteiger partial charge in [-0.1, -0.05) is 48.3 Å². The Bertz CT molecular complexity index is 1640. The number of para-hydroxylation sites is 1. The van der Waals surface area contributed by atoms with E-state index in [9.17, 15) is 19.5 Å². The van der Waals surface area contributed by atoms with E-state index < -0.39 is 11.2 Å². The van der Waals surface area contributed by atoms with Gasteiger partial charge in [0.05, 0.1) is 21.3 Å². The first-order valence-electron chi connectivity index (χ1n) is 11.3. The van der Waals surface area contributed by atoms with Gasteiger partial charge < -0.3 is 14.7 Å². The largest absolute Gasteiger partial charge is 0.507 e. The van der Waals surface area contributed by atoms with Gasteiger partial charge in [0.1, 0.15) is 17.7 Å². The SMILES string of the molecule is CC1c2ccccc2N(C(=O)c2cc(Oc3c(Cl)cc(-n4ncc(=O)[nH]c4=O)cc3Cl)ccc2O)C1C. The molecule has 1 aliphatic rings. The first kappa shape index (κ1) is 24.6. The molecular weight excluding hydrogens is 519 g/mol. The summed E-state index contributed by atoms with van der Waals surface area (Å²) in [6.07, 6.45) is 0.947. The Balaban J connectivity index is 1.47.